The maximum Gasteiger partial charge on any atom is 0.268 e. The van der Waals surface area contributed by atoms with E-state index in [-0.39, 0.29) is 18.0 Å². The number of aromatic nitrogens is 2. The molecule has 0 radical (unpaired) electrons. The summed E-state index contributed by atoms with van der Waals surface area (Å²) in [5.41, 5.74) is 2.42. The van der Waals surface area contributed by atoms with Crippen LogP contribution in [0.2, 0.25) is 0 Å². The fourth-order valence-electron chi connectivity index (χ4n) is 2.48. The lowest BCUT2D eigenvalue weighted by Crippen LogP contribution is -2.31. The van der Waals surface area contributed by atoms with Crippen LogP contribution in [-0.4, -0.2) is 34.4 Å². The van der Waals surface area contributed by atoms with Crippen molar-refractivity contribution in [2.45, 2.75) is 13.5 Å². The number of aromatic amines is 1. The molecule has 7 heteroatoms. The Morgan fingerprint density at radius 3 is 3.00 bits per heavy atom. The van der Waals surface area contributed by atoms with Crippen LogP contribution < -0.4 is 10.9 Å². The van der Waals surface area contributed by atoms with Gasteiger partial charge in [-0.05, 0) is 43.1 Å². The van der Waals surface area contributed by atoms with Crippen LogP contribution in [0, 0.1) is 6.92 Å². The Morgan fingerprint density at radius 2 is 2.21 bits per heavy atom. The highest BCUT2D eigenvalue weighted by molar-refractivity contribution is 7.17. The molecule has 3 rings (SSSR count). The van der Waals surface area contributed by atoms with Gasteiger partial charge in [-0.15, -0.1) is 11.3 Å². The summed E-state index contributed by atoms with van der Waals surface area (Å²) in [6.45, 7) is 2.58. The highest BCUT2D eigenvalue weighted by Crippen LogP contribution is 2.14. The fourth-order valence-corrected chi connectivity index (χ4v) is 3.20. The van der Waals surface area contributed by atoms with E-state index in [0.717, 1.165) is 11.3 Å². The van der Waals surface area contributed by atoms with Gasteiger partial charge < -0.3 is 10.3 Å². The molecule has 0 saturated heterocycles. The molecule has 0 aliphatic carbocycles. The summed E-state index contributed by atoms with van der Waals surface area (Å²) >= 11 is 1.37. The van der Waals surface area contributed by atoms with E-state index in [0.29, 0.717) is 22.6 Å². The Bertz CT molecular complexity index is 931. The second-order valence-electron chi connectivity index (χ2n) is 5.74. The SMILES string of the molecule is Cc1cccc(NC(=O)CN(C)Cc2nc3ccsc3c(=O)[nH]2)c1. The zero-order valence-corrected chi connectivity index (χ0v) is 14.3. The minimum Gasteiger partial charge on any atom is -0.325 e. The first-order chi connectivity index (χ1) is 11.5. The molecular formula is C17H18N4O2S. The molecular weight excluding hydrogens is 324 g/mol. The summed E-state index contributed by atoms with van der Waals surface area (Å²) in [6.07, 6.45) is 0. The molecule has 6 nitrogen and oxygen atoms in total. The molecule has 124 valence electrons. The topological polar surface area (TPSA) is 78.1 Å². The molecule has 1 amide bonds. The predicted molar refractivity (Wildman–Crippen MR) is 96.4 cm³/mol. The standard InChI is InChI=1S/C17H18N4O2S/c1-11-4-3-5-12(8-11)18-15(22)10-21(2)9-14-19-13-6-7-24-16(13)17(23)20-14/h3-8H,9-10H2,1-2H3,(H,18,22)(H,19,20,23). The summed E-state index contributed by atoms with van der Waals surface area (Å²) in [4.78, 5) is 33.1. The Balaban J connectivity index is 1.62. The second-order valence-corrected chi connectivity index (χ2v) is 6.65. The lowest BCUT2D eigenvalue weighted by atomic mass is 10.2. The van der Waals surface area contributed by atoms with Gasteiger partial charge in [0.25, 0.3) is 5.56 Å². The normalized spacial score (nSPS) is 11.1. The van der Waals surface area contributed by atoms with E-state index in [1.807, 2.05) is 54.6 Å². The Hall–Kier alpha value is -2.51. The molecule has 0 saturated carbocycles. The van der Waals surface area contributed by atoms with Crippen molar-refractivity contribution in [1.29, 1.82) is 0 Å². The highest BCUT2D eigenvalue weighted by atomic mass is 32.1. The number of rotatable bonds is 5. The molecule has 2 heterocycles. The minimum atomic E-state index is -0.136. The fraction of sp³-hybridized carbons (Fsp3) is 0.235. The van der Waals surface area contributed by atoms with Crippen LogP contribution in [0.5, 0.6) is 0 Å². The van der Waals surface area contributed by atoms with Crippen molar-refractivity contribution < 1.29 is 4.79 Å². The summed E-state index contributed by atoms with van der Waals surface area (Å²) in [5.74, 6) is 0.443. The number of H-pyrrole nitrogens is 1. The molecule has 1 aromatic carbocycles. The van der Waals surface area contributed by atoms with Crippen molar-refractivity contribution in [3.8, 4) is 0 Å². The van der Waals surface area contributed by atoms with Crippen molar-refractivity contribution >= 4 is 33.1 Å². The molecule has 3 aromatic rings. The van der Waals surface area contributed by atoms with Crippen LogP contribution in [0.3, 0.4) is 0 Å². The number of carbonyl (C=O) groups excluding carboxylic acids is 1. The van der Waals surface area contributed by atoms with E-state index in [1.165, 1.54) is 11.3 Å². The average Bonchev–Trinajstić information content (AvgIpc) is 2.95. The van der Waals surface area contributed by atoms with Gasteiger partial charge in [0.1, 0.15) is 10.5 Å². The van der Waals surface area contributed by atoms with E-state index in [4.69, 9.17) is 0 Å². The van der Waals surface area contributed by atoms with Crippen molar-refractivity contribution in [1.82, 2.24) is 14.9 Å². The first-order valence-corrected chi connectivity index (χ1v) is 8.41. The molecule has 0 spiro atoms. The Morgan fingerprint density at radius 1 is 1.38 bits per heavy atom. The molecule has 0 unspecified atom stereocenters. The molecule has 2 aromatic heterocycles. The average molecular weight is 342 g/mol. The molecule has 24 heavy (non-hydrogen) atoms. The van der Waals surface area contributed by atoms with Crippen LogP contribution in [0.1, 0.15) is 11.4 Å². The monoisotopic (exact) mass is 342 g/mol. The third kappa shape index (κ3) is 3.87. The third-order valence-corrected chi connectivity index (χ3v) is 4.40. The number of carbonyl (C=O) groups is 1. The van der Waals surface area contributed by atoms with Gasteiger partial charge in [0.15, 0.2) is 0 Å². The maximum atomic E-state index is 12.1. The quantitative estimate of drug-likeness (QED) is 0.746. The van der Waals surface area contributed by atoms with Crippen LogP contribution >= 0.6 is 11.3 Å². The van der Waals surface area contributed by atoms with E-state index in [1.54, 1.807) is 0 Å². The van der Waals surface area contributed by atoms with E-state index in [2.05, 4.69) is 15.3 Å². The zero-order chi connectivity index (χ0) is 17.1. The van der Waals surface area contributed by atoms with Crippen molar-refractivity contribution in [2.24, 2.45) is 0 Å². The van der Waals surface area contributed by atoms with Gasteiger partial charge in [-0.3, -0.25) is 14.5 Å². The van der Waals surface area contributed by atoms with Gasteiger partial charge in [0, 0.05) is 5.69 Å². The number of likely N-dealkylation sites (N-methyl/N-ethyl adjacent to an activating group) is 1. The highest BCUT2D eigenvalue weighted by Gasteiger charge is 2.11. The molecule has 0 atom stereocenters. The van der Waals surface area contributed by atoms with Crippen molar-refractivity contribution in [3.63, 3.8) is 0 Å². The number of nitrogens with zero attached hydrogens (tertiary/aromatic N) is 2. The molecule has 0 fully saturated rings. The van der Waals surface area contributed by atoms with Gasteiger partial charge in [-0.1, -0.05) is 12.1 Å². The summed E-state index contributed by atoms with van der Waals surface area (Å²) in [7, 11) is 1.81. The molecule has 2 N–H and O–H groups in total. The van der Waals surface area contributed by atoms with Crippen LogP contribution in [0.25, 0.3) is 10.2 Å². The van der Waals surface area contributed by atoms with Crippen molar-refractivity contribution in [2.75, 3.05) is 18.9 Å². The largest absolute Gasteiger partial charge is 0.325 e. The first-order valence-electron chi connectivity index (χ1n) is 7.53. The number of amides is 1. The number of hydrogen-bond acceptors (Lipinski definition) is 5. The smallest absolute Gasteiger partial charge is 0.268 e. The zero-order valence-electron chi connectivity index (χ0n) is 13.5. The molecule has 0 bridgehead atoms. The number of fused-ring (bicyclic) bond motifs is 1. The van der Waals surface area contributed by atoms with E-state index < -0.39 is 0 Å². The summed E-state index contributed by atoms with van der Waals surface area (Å²) in [5, 5.41) is 4.71. The van der Waals surface area contributed by atoms with Gasteiger partial charge in [-0.25, -0.2) is 4.98 Å². The number of benzene rings is 1. The van der Waals surface area contributed by atoms with Gasteiger partial charge in [-0.2, -0.15) is 0 Å². The van der Waals surface area contributed by atoms with Crippen LogP contribution in [-0.2, 0) is 11.3 Å². The third-order valence-electron chi connectivity index (χ3n) is 3.50. The van der Waals surface area contributed by atoms with E-state index in [9.17, 15) is 9.59 Å². The number of hydrogen-bond donors (Lipinski definition) is 2. The number of aryl methyl sites for hydroxylation is 1. The van der Waals surface area contributed by atoms with Gasteiger partial charge >= 0.3 is 0 Å². The van der Waals surface area contributed by atoms with Crippen LogP contribution in [0.15, 0.2) is 40.5 Å². The summed E-state index contributed by atoms with van der Waals surface area (Å²) < 4.78 is 0.624. The van der Waals surface area contributed by atoms with Gasteiger partial charge in [0.2, 0.25) is 5.91 Å². The lowest BCUT2D eigenvalue weighted by Gasteiger charge is -2.15. The second kappa shape index (κ2) is 6.94. The first kappa shape index (κ1) is 16.4. The number of nitrogens with one attached hydrogen (secondary N) is 2. The minimum absolute atomic E-state index is 0.109. The lowest BCUT2D eigenvalue weighted by molar-refractivity contribution is -0.117. The number of anilines is 1. The summed E-state index contributed by atoms with van der Waals surface area (Å²) in [6, 6.07) is 9.48. The Kier molecular flexibility index (Phi) is 4.73. The maximum absolute atomic E-state index is 12.1. The predicted octanol–water partition coefficient (Wildman–Crippen LogP) is 2.36. The van der Waals surface area contributed by atoms with Crippen molar-refractivity contribution in [3.05, 3.63) is 57.5 Å². The van der Waals surface area contributed by atoms with Gasteiger partial charge in [0.05, 0.1) is 18.6 Å². The molecule has 0 aliphatic heterocycles. The number of thiophene rings is 1. The molecule has 0 aliphatic rings. The van der Waals surface area contributed by atoms with Crippen LogP contribution in [0.4, 0.5) is 5.69 Å². The Labute approximate surface area is 143 Å². The van der Waals surface area contributed by atoms with E-state index >= 15 is 0 Å².